The van der Waals surface area contributed by atoms with Gasteiger partial charge in [0.2, 0.25) is 11.8 Å². The molecule has 4 rings (SSSR count). The molecule has 156 valence electrons. The minimum absolute atomic E-state index is 0.154. The highest BCUT2D eigenvalue weighted by atomic mass is 16.3. The van der Waals surface area contributed by atoms with Crippen molar-refractivity contribution in [3.63, 3.8) is 0 Å². The van der Waals surface area contributed by atoms with Crippen molar-refractivity contribution >= 4 is 34.7 Å². The topological polar surface area (TPSA) is 132 Å². The minimum Gasteiger partial charge on any atom is -0.391 e. The molecule has 2 aromatic rings. The first kappa shape index (κ1) is 19.8. The third-order valence-electron chi connectivity index (χ3n) is 5.12. The summed E-state index contributed by atoms with van der Waals surface area (Å²) in [5, 5.41) is 15.9. The fourth-order valence-electron chi connectivity index (χ4n) is 3.77. The van der Waals surface area contributed by atoms with E-state index in [-0.39, 0.29) is 38.5 Å². The number of aliphatic hydroxyl groups excluding tert-OH is 1. The first-order valence-electron chi connectivity index (χ1n) is 9.59. The number of urea groups is 1. The lowest BCUT2D eigenvalue weighted by atomic mass is 10.0. The maximum Gasteiger partial charge on any atom is 0.325 e. The molecule has 2 atom stereocenters. The number of pyridine rings is 1. The summed E-state index contributed by atoms with van der Waals surface area (Å²) in [7, 11) is 0. The van der Waals surface area contributed by atoms with Gasteiger partial charge in [-0.2, -0.15) is 0 Å². The summed E-state index contributed by atoms with van der Waals surface area (Å²) in [5.41, 5.74) is 1.18. The highest BCUT2D eigenvalue weighted by molar-refractivity contribution is 6.03. The second kappa shape index (κ2) is 8.07. The van der Waals surface area contributed by atoms with E-state index in [9.17, 15) is 24.3 Å². The monoisotopic (exact) mass is 411 g/mol. The number of nitrogens with one attached hydrogen (secondary N) is 2. The Morgan fingerprint density at radius 2 is 2.03 bits per heavy atom. The van der Waals surface area contributed by atoms with Gasteiger partial charge in [0.05, 0.1) is 17.2 Å². The first-order valence-corrected chi connectivity index (χ1v) is 9.59. The van der Waals surface area contributed by atoms with Crippen molar-refractivity contribution in [1.82, 2.24) is 25.4 Å². The number of likely N-dealkylation sites (tertiary alicyclic amines) is 1. The molecule has 2 aliphatic heterocycles. The number of amides is 5. The van der Waals surface area contributed by atoms with E-state index in [0.29, 0.717) is 5.56 Å². The van der Waals surface area contributed by atoms with E-state index in [1.54, 1.807) is 6.07 Å². The Morgan fingerprint density at radius 1 is 1.23 bits per heavy atom. The highest BCUT2D eigenvalue weighted by Crippen LogP contribution is 2.18. The number of nitrogens with zero attached hydrogens (tertiary/aromatic N) is 3. The number of hydrogen-bond donors (Lipinski definition) is 3. The van der Waals surface area contributed by atoms with Gasteiger partial charge in [-0.25, -0.2) is 4.79 Å². The molecular formula is C20H21N5O5. The molecule has 0 unspecified atom stereocenters. The number of carbonyl (C=O) groups is 4. The molecule has 1 aromatic carbocycles. The molecule has 10 heteroatoms. The Balaban J connectivity index is 1.40. The number of piperidine rings is 1. The van der Waals surface area contributed by atoms with Gasteiger partial charge in [-0.15, -0.1) is 0 Å². The van der Waals surface area contributed by atoms with Gasteiger partial charge < -0.3 is 20.2 Å². The molecule has 0 spiro atoms. The van der Waals surface area contributed by atoms with Crippen LogP contribution in [0.5, 0.6) is 0 Å². The molecule has 0 aliphatic carbocycles. The summed E-state index contributed by atoms with van der Waals surface area (Å²) >= 11 is 0. The maximum atomic E-state index is 12.9. The Kier molecular flexibility index (Phi) is 5.32. The Labute approximate surface area is 171 Å². The fourth-order valence-corrected chi connectivity index (χ4v) is 3.77. The van der Waals surface area contributed by atoms with Crippen LogP contribution >= 0.6 is 0 Å². The van der Waals surface area contributed by atoms with Gasteiger partial charge in [-0.3, -0.25) is 24.7 Å². The summed E-state index contributed by atoms with van der Waals surface area (Å²) in [6.07, 6.45) is 0.997. The van der Waals surface area contributed by atoms with Crippen LogP contribution in [-0.4, -0.2) is 82.0 Å². The van der Waals surface area contributed by atoms with Crippen molar-refractivity contribution in [2.24, 2.45) is 0 Å². The summed E-state index contributed by atoms with van der Waals surface area (Å²) in [6.45, 7) is -0.0630. The Bertz CT molecular complexity index is 1030. The van der Waals surface area contributed by atoms with E-state index in [1.807, 2.05) is 24.3 Å². The minimum atomic E-state index is -0.793. The number of β-amino-alcohol motifs (C(OH)–C–C–N with tert-alkyl or cyclic N) is 1. The van der Waals surface area contributed by atoms with Crippen LogP contribution in [0.2, 0.25) is 0 Å². The number of para-hydroxylation sites is 1. The first-order chi connectivity index (χ1) is 14.4. The molecule has 3 N–H and O–H groups in total. The zero-order valence-corrected chi connectivity index (χ0v) is 16.1. The number of fused-ring (bicyclic) bond motifs is 1. The second-order valence-corrected chi connectivity index (χ2v) is 7.49. The highest BCUT2D eigenvalue weighted by Gasteiger charge is 2.32. The number of aliphatic hydroxyl groups is 1. The number of carbonyl (C=O) groups excluding carboxylic acids is 4. The van der Waals surface area contributed by atoms with Crippen LogP contribution in [-0.2, 0) is 9.59 Å². The average Bonchev–Trinajstić information content (AvgIpc) is 3.03. The number of hydrogen-bond acceptors (Lipinski definition) is 6. The van der Waals surface area contributed by atoms with Gasteiger partial charge in [-0.1, -0.05) is 18.2 Å². The van der Waals surface area contributed by atoms with Crippen LogP contribution in [0.4, 0.5) is 4.79 Å². The van der Waals surface area contributed by atoms with E-state index in [4.69, 9.17) is 0 Å². The van der Waals surface area contributed by atoms with Crippen LogP contribution < -0.4 is 10.6 Å². The summed E-state index contributed by atoms with van der Waals surface area (Å²) in [4.78, 5) is 54.9. The molecule has 2 saturated heterocycles. The zero-order valence-electron chi connectivity index (χ0n) is 16.1. The van der Waals surface area contributed by atoms with Gasteiger partial charge in [0.15, 0.2) is 0 Å². The van der Waals surface area contributed by atoms with E-state index in [1.165, 1.54) is 11.1 Å². The van der Waals surface area contributed by atoms with Crippen molar-refractivity contribution in [3.05, 3.63) is 42.1 Å². The van der Waals surface area contributed by atoms with Crippen LogP contribution in [0, 0.1) is 0 Å². The van der Waals surface area contributed by atoms with Crippen LogP contribution in [0.15, 0.2) is 36.5 Å². The molecule has 0 saturated carbocycles. The predicted octanol–water partition coefficient (Wildman–Crippen LogP) is -0.522. The SMILES string of the molecule is O=C1CN(CC(=O)N[C@H]2C[C@@H](O)CN(C(=O)c3cnc4ccccc4c3)C2)C(=O)N1. The van der Waals surface area contributed by atoms with E-state index < -0.39 is 30.0 Å². The molecule has 0 radical (unpaired) electrons. The lowest BCUT2D eigenvalue weighted by Crippen LogP contribution is -2.55. The van der Waals surface area contributed by atoms with Crippen molar-refractivity contribution < 1.29 is 24.3 Å². The lowest BCUT2D eigenvalue weighted by molar-refractivity contribution is -0.123. The zero-order chi connectivity index (χ0) is 21.3. The Morgan fingerprint density at radius 3 is 2.80 bits per heavy atom. The normalized spacial score (nSPS) is 21.6. The van der Waals surface area contributed by atoms with Crippen LogP contribution in [0.1, 0.15) is 16.8 Å². The summed E-state index contributed by atoms with van der Waals surface area (Å²) < 4.78 is 0. The van der Waals surface area contributed by atoms with E-state index >= 15 is 0 Å². The maximum absolute atomic E-state index is 12.9. The third kappa shape index (κ3) is 4.23. The van der Waals surface area contributed by atoms with Crippen LogP contribution in [0.3, 0.4) is 0 Å². The third-order valence-corrected chi connectivity index (χ3v) is 5.12. The molecule has 3 heterocycles. The number of benzene rings is 1. The number of rotatable bonds is 4. The standard InChI is InChI=1S/C20H21N5O5/c26-15-6-14(22-17(27)10-25-11-18(28)23-20(25)30)8-24(9-15)19(29)13-5-12-3-1-2-4-16(12)21-7-13/h1-5,7,14-15,26H,6,8-11H2,(H,22,27)(H,23,28,30)/t14-,15+/m0/s1. The molecule has 0 bridgehead atoms. The second-order valence-electron chi connectivity index (χ2n) is 7.49. The largest absolute Gasteiger partial charge is 0.391 e. The van der Waals surface area contributed by atoms with Gasteiger partial charge in [0, 0.05) is 30.7 Å². The van der Waals surface area contributed by atoms with Gasteiger partial charge in [0.1, 0.15) is 13.1 Å². The smallest absolute Gasteiger partial charge is 0.325 e. The van der Waals surface area contributed by atoms with Crippen molar-refractivity contribution in [2.75, 3.05) is 26.2 Å². The molecule has 10 nitrogen and oxygen atoms in total. The molecule has 5 amide bonds. The molecule has 30 heavy (non-hydrogen) atoms. The van der Waals surface area contributed by atoms with E-state index in [2.05, 4.69) is 15.6 Å². The lowest BCUT2D eigenvalue weighted by Gasteiger charge is -2.36. The number of imide groups is 1. The van der Waals surface area contributed by atoms with Gasteiger partial charge in [-0.05, 0) is 18.6 Å². The summed E-state index contributed by atoms with van der Waals surface area (Å²) in [5.74, 6) is -1.20. The molecule has 1 aromatic heterocycles. The molecule has 2 fully saturated rings. The van der Waals surface area contributed by atoms with Gasteiger partial charge in [0.25, 0.3) is 5.91 Å². The molecular weight excluding hydrogens is 390 g/mol. The quantitative estimate of drug-likeness (QED) is 0.580. The summed E-state index contributed by atoms with van der Waals surface area (Å²) in [6, 6.07) is 8.12. The van der Waals surface area contributed by atoms with Crippen molar-refractivity contribution in [3.8, 4) is 0 Å². The fraction of sp³-hybridized carbons (Fsp3) is 0.350. The van der Waals surface area contributed by atoms with E-state index in [0.717, 1.165) is 15.8 Å². The van der Waals surface area contributed by atoms with Gasteiger partial charge >= 0.3 is 6.03 Å². The van der Waals surface area contributed by atoms with Crippen LogP contribution in [0.25, 0.3) is 10.9 Å². The Hall–Kier alpha value is -3.53. The predicted molar refractivity (Wildman–Crippen MR) is 105 cm³/mol. The van der Waals surface area contributed by atoms with Crippen molar-refractivity contribution in [2.45, 2.75) is 18.6 Å². The molecule has 2 aliphatic rings. The number of aromatic nitrogens is 1. The van der Waals surface area contributed by atoms with Crippen molar-refractivity contribution in [1.29, 1.82) is 0 Å². The average molecular weight is 411 g/mol.